The summed E-state index contributed by atoms with van der Waals surface area (Å²) < 4.78 is 0. The van der Waals surface area contributed by atoms with E-state index >= 15 is 0 Å². The molecule has 0 radical (unpaired) electrons. The van der Waals surface area contributed by atoms with Gasteiger partial charge in [-0.25, -0.2) is 0 Å². The highest BCUT2D eigenvalue weighted by Gasteiger charge is 2.06. The second kappa shape index (κ2) is 9.24. The van der Waals surface area contributed by atoms with Gasteiger partial charge in [0.05, 0.1) is 0 Å². The zero-order valence-electron chi connectivity index (χ0n) is 17.5. The Labute approximate surface area is 179 Å². The van der Waals surface area contributed by atoms with Crippen LogP contribution in [0.4, 0.5) is 0 Å². The summed E-state index contributed by atoms with van der Waals surface area (Å²) in [5.41, 5.74) is 9.90. The highest BCUT2D eigenvalue weighted by molar-refractivity contribution is 5.86. The molecule has 0 heterocycles. The number of hydrogen-bond acceptors (Lipinski definition) is 0. The molecule has 0 N–H and O–H groups in total. The minimum Gasteiger partial charge on any atom is -0.0616 e. The Balaban J connectivity index is 1.68. The summed E-state index contributed by atoms with van der Waals surface area (Å²) in [6.07, 6.45) is 8.78. The van der Waals surface area contributed by atoms with Gasteiger partial charge in [0.25, 0.3) is 0 Å². The van der Waals surface area contributed by atoms with Crippen LogP contribution in [0.25, 0.3) is 35.4 Å². The van der Waals surface area contributed by atoms with Crippen LogP contribution in [0.1, 0.15) is 33.4 Å². The molecule has 0 aliphatic carbocycles. The molecule has 0 unspecified atom stereocenters. The van der Waals surface area contributed by atoms with Crippen LogP contribution < -0.4 is 0 Å². The second-order valence-corrected chi connectivity index (χ2v) is 7.66. The van der Waals surface area contributed by atoms with Gasteiger partial charge in [0, 0.05) is 0 Å². The maximum atomic E-state index is 2.21. The van der Waals surface area contributed by atoms with Gasteiger partial charge in [-0.1, -0.05) is 132 Å². The van der Waals surface area contributed by atoms with Gasteiger partial charge in [-0.15, -0.1) is 0 Å². The lowest BCUT2D eigenvalue weighted by Crippen LogP contribution is -1.87. The molecule has 0 aliphatic rings. The summed E-state index contributed by atoms with van der Waals surface area (Å²) in [6.45, 7) is 4.23. The summed E-state index contributed by atoms with van der Waals surface area (Å²) in [4.78, 5) is 0. The molecular weight excluding hydrogens is 360 g/mol. The molecule has 0 spiro atoms. The van der Waals surface area contributed by atoms with Crippen LogP contribution in [0.3, 0.4) is 0 Å². The zero-order valence-corrected chi connectivity index (χ0v) is 17.5. The number of benzene rings is 4. The van der Waals surface area contributed by atoms with Crippen molar-refractivity contribution in [1.29, 1.82) is 0 Å². The Bertz CT molecular complexity index is 1080. The number of rotatable bonds is 5. The topological polar surface area (TPSA) is 0 Å². The van der Waals surface area contributed by atoms with Crippen molar-refractivity contribution in [1.82, 2.24) is 0 Å². The highest BCUT2D eigenvalue weighted by atomic mass is 14.1. The van der Waals surface area contributed by atoms with E-state index in [1.54, 1.807) is 0 Å². The maximum absolute atomic E-state index is 2.21. The third-order valence-corrected chi connectivity index (χ3v) is 5.28. The molecule has 0 fully saturated rings. The van der Waals surface area contributed by atoms with Gasteiger partial charge < -0.3 is 0 Å². The van der Waals surface area contributed by atoms with Crippen molar-refractivity contribution in [3.8, 4) is 11.1 Å². The van der Waals surface area contributed by atoms with Crippen LogP contribution in [0.15, 0.2) is 97.1 Å². The van der Waals surface area contributed by atoms with Crippen LogP contribution in [-0.2, 0) is 0 Å². The van der Waals surface area contributed by atoms with Gasteiger partial charge in [-0.3, -0.25) is 0 Å². The van der Waals surface area contributed by atoms with E-state index in [0.29, 0.717) is 0 Å². The first-order valence-electron chi connectivity index (χ1n) is 10.4. The quantitative estimate of drug-likeness (QED) is 0.302. The lowest BCUT2D eigenvalue weighted by molar-refractivity contribution is 1.46. The Kier molecular flexibility index (Phi) is 6.06. The van der Waals surface area contributed by atoms with Crippen molar-refractivity contribution in [3.63, 3.8) is 0 Å². The molecule has 30 heavy (non-hydrogen) atoms. The SMILES string of the molecule is Cc1ccc(/C=C\c2ccccc2-c2ccccc2/C=C\c2ccc(C)cc2)cc1. The van der Waals surface area contributed by atoms with E-state index in [9.17, 15) is 0 Å². The minimum absolute atomic E-state index is 1.21. The number of hydrogen-bond donors (Lipinski definition) is 0. The Morgan fingerprint density at radius 2 is 0.767 bits per heavy atom. The van der Waals surface area contributed by atoms with Crippen molar-refractivity contribution in [2.75, 3.05) is 0 Å². The molecule has 0 saturated carbocycles. The fourth-order valence-corrected chi connectivity index (χ4v) is 3.50. The predicted molar refractivity (Wildman–Crippen MR) is 132 cm³/mol. The summed E-state index contributed by atoms with van der Waals surface area (Å²) >= 11 is 0. The fourth-order valence-electron chi connectivity index (χ4n) is 3.50. The molecule has 0 atom stereocenters. The summed E-state index contributed by atoms with van der Waals surface area (Å²) in [6, 6.07) is 34.4. The van der Waals surface area contributed by atoms with Crippen LogP contribution in [0.5, 0.6) is 0 Å². The van der Waals surface area contributed by atoms with E-state index in [1.807, 2.05) is 0 Å². The van der Waals surface area contributed by atoms with Crippen LogP contribution in [0, 0.1) is 13.8 Å². The minimum atomic E-state index is 1.21. The van der Waals surface area contributed by atoms with Gasteiger partial charge in [-0.05, 0) is 47.2 Å². The van der Waals surface area contributed by atoms with Crippen molar-refractivity contribution in [3.05, 3.63) is 130 Å². The summed E-state index contributed by atoms with van der Waals surface area (Å²) in [5, 5.41) is 0. The first-order chi connectivity index (χ1) is 14.7. The largest absolute Gasteiger partial charge is 0.0616 e. The van der Waals surface area contributed by atoms with Crippen molar-refractivity contribution >= 4 is 24.3 Å². The summed E-state index contributed by atoms with van der Waals surface area (Å²) in [5.74, 6) is 0. The van der Waals surface area contributed by atoms with Crippen molar-refractivity contribution in [2.45, 2.75) is 13.8 Å². The lowest BCUT2D eigenvalue weighted by Gasteiger charge is -2.10. The first-order valence-corrected chi connectivity index (χ1v) is 10.4. The lowest BCUT2D eigenvalue weighted by atomic mass is 9.94. The van der Waals surface area contributed by atoms with Gasteiger partial charge in [0.2, 0.25) is 0 Å². The zero-order chi connectivity index (χ0) is 20.8. The Morgan fingerprint density at radius 3 is 1.17 bits per heavy atom. The fraction of sp³-hybridized carbons (Fsp3) is 0.0667. The first kappa shape index (κ1) is 19.7. The monoisotopic (exact) mass is 386 g/mol. The van der Waals surface area contributed by atoms with Gasteiger partial charge in [0.1, 0.15) is 0 Å². The van der Waals surface area contributed by atoms with E-state index in [0.717, 1.165) is 0 Å². The standard InChI is InChI=1S/C30H26/c1-23-11-15-25(16-12-23)19-21-27-7-3-5-9-29(27)30-10-6-4-8-28(30)22-20-26-17-13-24(2)14-18-26/h3-22H,1-2H3/b21-19-,22-20-. The normalized spacial score (nSPS) is 11.4. The molecule has 146 valence electrons. The molecule has 0 heteroatoms. The van der Waals surface area contributed by atoms with E-state index in [2.05, 4.69) is 135 Å². The molecule has 0 aromatic heterocycles. The Morgan fingerprint density at radius 1 is 0.400 bits per heavy atom. The Hall–Kier alpha value is -3.64. The van der Waals surface area contributed by atoms with E-state index in [4.69, 9.17) is 0 Å². The van der Waals surface area contributed by atoms with Gasteiger partial charge in [-0.2, -0.15) is 0 Å². The van der Waals surface area contributed by atoms with Crippen molar-refractivity contribution < 1.29 is 0 Å². The van der Waals surface area contributed by atoms with Crippen LogP contribution in [0.2, 0.25) is 0 Å². The van der Waals surface area contributed by atoms with E-state index in [1.165, 1.54) is 44.5 Å². The van der Waals surface area contributed by atoms with Crippen molar-refractivity contribution in [2.24, 2.45) is 0 Å². The van der Waals surface area contributed by atoms with Gasteiger partial charge >= 0.3 is 0 Å². The van der Waals surface area contributed by atoms with Gasteiger partial charge in [0.15, 0.2) is 0 Å². The molecular formula is C30H26. The predicted octanol–water partition coefficient (Wildman–Crippen LogP) is 8.31. The number of aryl methyl sites for hydroxylation is 2. The van der Waals surface area contributed by atoms with Crippen LogP contribution in [-0.4, -0.2) is 0 Å². The van der Waals surface area contributed by atoms with Crippen LogP contribution >= 0.6 is 0 Å². The maximum Gasteiger partial charge on any atom is -0.0105 e. The molecule has 0 nitrogen and oxygen atoms in total. The molecule has 4 aromatic rings. The molecule has 0 amide bonds. The third kappa shape index (κ3) is 4.85. The average Bonchev–Trinajstić information content (AvgIpc) is 2.79. The molecule has 0 saturated heterocycles. The highest BCUT2D eigenvalue weighted by Crippen LogP contribution is 2.29. The molecule has 0 aliphatic heterocycles. The smallest absolute Gasteiger partial charge is 0.0105 e. The van der Waals surface area contributed by atoms with E-state index < -0.39 is 0 Å². The molecule has 4 aromatic carbocycles. The molecule has 0 bridgehead atoms. The third-order valence-electron chi connectivity index (χ3n) is 5.28. The second-order valence-electron chi connectivity index (χ2n) is 7.66. The summed E-state index contributed by atoms with van der Waals surface area (Å²) in [7, 11) is 0. The van der Waals surface area contributed by atoms with E-state index in [-0.39, 0.29) is 0 Å². The average molecular weight is 387 g/mol. The molecule has 4 rings (SSSR count).